The summed E-state index contributed by atoms with van der Waals surface area (Å²) in [7, 11) is -3.66. The van der Waals surface area contributed by atoms with Crippen molar-refractivity contribution in [2.24, 2.45) is 10.9 Å². The summed E-state index contributed by atoms with van der Waals surface area (Å²) in [6, 6.07) is -0.250. The van der Waals surface area contributed by atoms with Gasteiger partial charge in [0.15, 0.2) is 5.03 Å². The molecule has 108 valence electrons. The molecule has 9 heteroatoms. The van der Waals surface area contributed by atoms with Crippen molar-refractivity contribution < 1.29 is 13.6 Å². The molecule has 19 heavy (non-hydrogen) atoms. The van der Waals surface area contributed by atoms with Gasteiger partial charge in [0, 0.05) is 19.0 Å². The number of nitrogens with zero attached hydrogens (tertiary/aromatic N) is 3. The SMILES string of the molecule is Cc1ncc(S(=O)(=O)N(CCC(N)=NO)C(C)C)[nH]1. The molecule has 0 saturated heterocycles. The normalized spacial score (nSPS) is 13.4. The third kappa shape index (κ3) is 3.67. The number of nitrogens with one attached hydrogen (secondary N) is 1. The molecule has 1 aromatic heterocycles. The van der Waals surface area contributed by atoms with E-state index < -0.39 is 10.0 Å². The average Bonchev–Trinajstić information content (AvgIpc) is 2.75. The average molecular weight is 289 g/mol. The summed E-state index contributed by atoms with van der Waals surface area (Å²) in [4.78, 5) is 6.59. The van der Waals surface area contributed by atoms with Gasteiger partial charge in [0.25, 0.3) is 10.0 Å². The molecule has 0 radical (unpaired) electrons. The van der Waals surface area contributed by atoms with Crippen LogP contribution in [0.5, 0.6) is 0 Å². The summed E-state index contributed by atoms with van der Waals surface area (Å²) in [5, 5.41) is 11.4. The summed E-state index contributed by atoms with van der Waals surface area (Å²) in [6.45, 7) is 5.32. The molecule has 0 bridgehead atoms. The zero-order valence-electron chi connectivity index (χ0n) is 11.2. The minimum Gasteiger partial charge on any atom is -0.409 e. The van der Waals surface area contributed by atoms with Gasteiger partial charge in [-0.05, 0) is 20.8 Å². The molecule has 0 spiro atoms. The van der Waals surface area contributed by atoms with Gasteiger partial charge in [0.2, 0.25) is 0 Å². The highest BCUT2D eigenvalue weighted by Gasteiger charge is 2.28. The van der Waals surface area contributed by atoms with Crippen LogP contribution in [0.25, 0.3) is 0 Å². The van der Waals surface area contributed by atoms with E-state index in [4.69, 9.17) is 10.9 Å². The third-order valence-corrected chi connectivity index (χ3v) is 4.54. The Kier molecular flexibility index (Phi) is 4.90. The maximum Gasteiger partial charge on any atom is 0.260 e. The highest BCUT2D eigenvalue weighted by molar-refractivity contribution is 7.89. The summed E-state index contributed by atoms with van der Waals surface area (Å²) in [5.41, 5.74) is 5.37. The Balaban J connectivity index is 2.98. The summed E-state index contributed by atoms with van der Waals surface area (Å²) in [6.07, 6.45) is 1.44. The van der Waals surface area contributed by atoms with Gasteiger partial charge in [0.1, 0.15) is 11.7 Å². The zero-order chi connectivity index (χ0) is 14.6. The van der Waals surface area contributed by atoms with Gasteiger partial charge in [-0.15, -0.1) is 0 Å². The van der Waals surface area contributed by atoms with E-state index in [1.54, 1.807) is 20.8 Å². The Morgan fingerprint density at radius 1 is 1.63 bits per heavy atom. The monoisotopic (exact) mass is 289 g/mol. The van der Waals surface area contributed by atoms with Crippen molar-refractivity contribution in [1.82, 2.24) is 14.3 Å². The van der Waals surface area contributed by atoms with Gasteiger partial charge in [-0.1, -0.05) is 5.16 Å². The number of oxime groups is 1. The summed E-state index contributed by atoms with van der Waals surface area (Å²) >= 11 is 0. The molecule has 0 amide bonds. The van der Waals surface area contributed by atoms with E-state index in [1.165, 1.54) is 10.5 Å². The first-order chi connectivity index (χ1) is 8.78. The molecule has 4 N–H and O–H groups in total. The van der Waals surface area contributed by atoms with E-state index in [-0.39, 0.29) is 29.9 Å². The number of rotatable bonds is 6. The first-order valence-electron chi connectivity index (χ1n) is 5.79. The fraction of sp³-hybridized carbons (Fsp3) is 0.600. The molecule has 0 unspecified atom stereocenters. The van der Waals surface area contributed by atoms with Gasteiger partial charge >= 0.3 is 0 Å². The number of aromatic amines is 1. The smallest absolute Gasteiger partial charge is 0.260 e. The van der Waals surface area contributed by atoms with Crippen molar-refractivity contribution in [2.75, 3.05) is 6.54 Å². The van der Waals surface area contributed by atoms with Crippen LogP contribution in [0.3, 0.4) is 0 Å². The molecule has 1 heterocycles. The molecule has 0 aromatic carbocycles. The van der Waals surface area contributed by atoms with Crippen LogP contribution in [0.4, 0.5) is 0 Å². The Hall–Kier alpha value is -1.61. The molecule has 0 aliphatic rings. The van der Waals surface area contributed by atoms with E-state index >= 15 is 0 Å². The molecular weight excluding hydrogens is 270 g/mol. The van der Waals surface area contributed by atoms with Crippen LogP contribution in [-0.4, -0.2) is 46.3 Å². The van der Waals surface area contributed by atoms with E-state index in [9.17, 15) is 8.42 Å². The van der Waals surface area contributed by atoms with Crippen LogP contribution in [0.1, 0.15) is 26.1 Å². The van der Waals surface area contributed by atoms with Crippen LogP contribution in [0.15, 0.2) is 16.4 Å². The maximum absolute atomic E-state index is 12.4. The van der Waals surface area contributed by atoms with Crippen LogP contribution >= 0.6 is 0 Å². The molecule has 8 nitrogen and oxygen atoms in total. The van der Waals surface area contributed by atoms with Crippen molar-refractivity contribution in [3.8, 4) is 0 Å². The molecule has 1 rings (SSSR count). The number of sulfonamides is 1. The summed E-state index contributed by atoms with van der Waals surface area (Å²) < 4.78 is 26.1. The largest absolute Gasteiger partial charge is 0.409 e. The second-order valence-corrected chi connectivity index (χ2v) is 6.24. The van der Waals surface area contributed by atoms with Crippen LogP contribution in [0.2, 0.25) is 0 Å². The van der Waals surface area contributed by atoms with Gasteiger partial charge in [-0.2, -0.15) is 4.31 Å². The predicted molar refractivity (Wildman–Crippen MR) is 70.4 cm³/mol. The second-order valence-electron chi connectivity index (χ2n) is 4.38. The number of aromatic nitrogens is 2. The van der Waals surface area contributed by atoms with E-state index in [2.05, 4.69) is 15.1 Å². The highest BCUT2D eigenvalue weighted by atomic mass is 32.2. The third-order valence-electron chi connectivity index (χ3n) is 2.56. The second kappa shape index (κ2) is 6.02. The number of nitrogens with two attached hydrogens (primary N) is 1. The molecule has 1 aromatic rings. The standard InChI is InChI=1S/C10H19N5O3S/c1-7(2)15(5-4-9(11)14-16)19(17,18)10-6-12-8(3)13-10/h6-7,16H,4-5H2,1-3H3,(H2,11,14)(H,12,13). The first-order valence-corrected chi connectivity index (χ1v) is 7.23. The fourth-order valence-electron chi connectivity index (χ4n) is 1.59. The molecule has 0 aliphatic heterocycles. The van der Waals surface area contributed by atoms with Gasteiger partial charge in [-0.25, -0.2) is 13.4 Å². The van der Waals surface area contributed by atoms with Crippen LogP contribution in [-0.2, 0) is 10.0 Å². The van der Waals surface area contributed by atoms with Crippen molar-refractivity contribution >= 4 is 15.9 Å². The minimum atomic E-state index is -3.66. The number of hydrogen-bond donors (Lipinski definition) is 3. The molecule has 0 aliphatic carbocycles. The molecule has 0 fully saturated rings. The van der Waals surface area contributed by atoms with Crippen molar-refractivity contribution in [3.63, 3.8) is 0 Å². The molecule has 0 atom stereocenters. The Labute approximate surface area is 112 Å². The maximum atomic E-state index is 12.4. The number of amidine groups is 1. The Morgan fingerprint density at radius 3 is 2.68 bits per heavy atom. The minimum absolute atomic E-state index is 0.0124. The van der Waals surface area contributed by atoms with Gasteiger partial charge in [-0.3, -0.25) is 0 Å². The first kappa shape index (κ1) is 15.4. The van der Waals surface area contributed by atoms with E-state index in [0.717, 1.165) is 0 Å². The zero-order valence-corrected chi connectivity index (χ0v) is 12.0. The molecular formula is C10H19N5O3S. The van der Waals surface area contributed by atoms with Crippen molar-refractivity contribution in [2.45, 2.75) is 38.3 Å². The lowest BCUT2D eigenvalue weighted by Gasteiger charge is -2.24. The number of imidazole rings is 1. The van der Waals surface area contributed by atoms with Crippen LogP contribution in [0, 0.1) is 6.92 Å². The van der Waals surface area contributed by atoms with Crippen molar-refractivity contribution in [1.29, 1.82) is 0 Å². The predicted octanol–water partition coefficient (Wildman–Crippen LogP) is 0.254. The van der Waals surface area contributed by atoms with Gasteiger partial charge < -0.3 is 15.9 Å². The van der Waals surface area contributed by atoms with Gasteiger partial charge in [0.05, 0.1) is 6.20 Å². The summed E-state index contributed by atoms with van der Waals surface area (Å²) in [5.74, 6) is 0.514. The molecule has 0 saturated carbocycles. The Bertz CT molecular complexity index is 549. The number of aryl methyl sites for hydroxylation is 1. The lowest BCUT2D eigenvalue weighted by atomic mass is 10.3. The Morgan fingerprint density at radius 2 is 2.26 bits per heavy atom. The highest BCUT2D eigenvalue weighted by Crippen LogP contribution is 2.16. The number of H-pyrrole nitrogens is 1. The van der Waals surface area contributed by atoms with Crippen LogP contribution < -0.4 is 5.73 Å². The lowest BCUT2D eigenvalue weighted by molar-refractivity contribution is 0.313. The topological polar surface area (TPSA) is 125 Å². The van der Waals surface area contributed by atoms with E-state index in [0.29, 0.717) is 5.82 Å². The number of hydrogen-bond acceptors (Lipinski definition) is 5. The van der Waals surface area contributed by atoms with Crippen molar-refractivity contribution in [3.05, 3.63) is 12.0 Å². The van der Waals surface area contributed by atoms with E-state index in [1.807, 2.05) is 0 Å². The quantitative estimate of drug-likeness (QED) is 0.300. The lowest BCUT2D eigenvalue weighted by Crippen LogP contribution is -2.39. The fourth-order valence-corrected chi connectivity index (χ4v) is 3.19.